The predicted molar refractivity (Wildman–Crippen MR) is 62.0 cm³/mol. The molecule has 0 atom stereocenters. The summed E-state index contributed by atoms with van der Waals surface area (Å²) in [6.45, 7) is 3.12. The number of nitrogens with zero attached hydrogens (tertiary/aromatic N) is 2. The first-order chi connectivity index (χ1) is 7.40. The van der Waals surface area contributed by atoms with Gasteiger partial charge < -0.3 is 5.32 Å². The van der Waals surface area contributed by atoms with Gasteiger partial charge in [0.25, 0.3) is 0 Å². The van der Waals surface area contributed by atoms with Crippen LogP contribution in [0, 0.1) is 0 Å². The Labute approximate surface area is 91.3 Å². The summed E-state index contributed by atoms with van der Waals surface area (Å²) in [4.78, 5) is 0. The first kappa shape index (κ1) is 10.4. The summed E-state index contributed by atoms with van der Waals surface area (Å²) in [5.41, 5.74) is 1.18. The van der Waals surface area contributed by atoms with Gasteiger partial charge in [0.1, 0.15) is 5.82 Å². The molecular weight excluding hydrogens is 186 g/mol. The first-order valence-corrected chi connectivity index (χ1v) is 5.97. The zero-order chi connectivity index (χ0) is 10.5. The molecule has 3 heteroatoms. The van der Waals surface area contributed by atoms with E-state index in [2.05, 4.69) is 34.6 Å². The lowest BCUT2D eigenvalue weighted by Gasteiger charge is -2.08. The molecule has 2 rings (SSSR count). The van der Waals surface area contributed by atoms with E-state index >= 15 is 0 Å². The van der Waals surface area contributed by atoms with Gasteiger partial charge in [-0.15, -0.1) is 5.10 Å². The van der Waals surface area contributed by atoms with Crippen LogP contribution in [0.5, 0.6) is 0 Å². The van der Waals surface area contributed by atoms with E-state index in [9.17, 15) is 0 Å². The van der Waals surface area contributed by atoms with Gasteiger partial charge in [-0.1, -0.05) is 19.8 Å². The lowest BCUT2D eigenvalue weighted by Crippen LogP contribution is -2.05. The van der Waals surface area contributed by atoms with Crippen molar-refractivity contribution in [3.63, 3.8) is 0 Å². The van der Waals surface area contributed by atoms with Gasteiger partial charge in [-0.25, -0.2) is 0 Å². The van der Waals surface area contributed by atoms with Crippen LogP contribution in [0.3, 0.4) is 0 Å². The fraction of sp³-hybridized carbons (Fsp3) is 0.667. The summed E-state index contributed by atoms with van der Waals surface area (Å²) in [7, 11) is 0. The average Bonchev–Trinajstić information content (AvgIpc) is 2.80. The lowest BCUT2D eigenvalue weighted by atomic mass is 10.0. The Morgan fingerprint density at radius 2 is 2.07 bits per heavy atom. The second-order valence-corrected chi connectivity index (χ2v) is 4.25. The Balaban J connectivity index is 1.96. The molecule has 1 aliphatic carbocycles. The zero-order valence-corrected chi connectivity index (χ0v) is 9.37. The van der Waals surface area contributed by atoms with Crippen molar-refractivity contribution in [1.29, 1.82) is 0 Å². The lowest BCUT2D eigenvalue weighted by molar-refractivity contribution is 0.680. The number of nitrogens with one attached hydrogen (secondary N) is 1. The third-order valence-electron chi connectivity index (χ3n) is 3.01. The largest absolute Gasteiger partial charge is 0.369 e. The molecule has 1 aliphatic rings. The fourth-order valence-corrected chi connectivity index (χ4v) is 2.13. The van der Waals surface area contributed by atoms with Crippen LogP contribution in [0.2, 0.25) is 0 Å². The molecule has 1 fully saturated rings. The topological polar surface area (TPSA) is 37.8 Å². The van der Waals surface area contributed by atoms with E-state index in [0.717, 1.165) is 18.8 Å². The molecule has 1 heterocycles. The van der Waals surface area contributed by atoms with E-state index in [1.165, 1.54) is 31.4 Å². The molecule has 1 saturated carbocycles. The van der Waals surface area contributed by atoms with Gasteiger partial charge in [-0.05, 0) is 31.4 Å². The third-order valence-corrected chi connectivity index (χ3v) is 3.01. The maximum absolute atomic E-state index is 4.30. The molecule has 1 aromatic heterocycles. The Bertz CT molecular complexity index is 288. The molecule has 15 heavy (non-hydrogen) atoms. The van der Waals surface area contributed by atoms with Gasteiger partial charge in [-0.2, -0.15) is 5.10 Å². The minimum atomic E-state index is 0.665. The van der Waals surface area contributed by atoms with Gasteiger partial charge in [0.2, 0.25) is 0 Å². The normalized spacial score (nSPS) is 16.9. The van der Waals surface area contributed by atoms with Crippen molar-refractivity contribution in [2.75, 3.05) is 11.9 Å². The number of anilines is 1. The molecule has 0 bridgehead atoms. The van der Waals surface area contributed by atoms with Crippen LogP contribution in [0.25, 0.3) is 0 Å². The van der Waals surface area contributed by atoms with E-state index in [1.807, 2.05) is 0 Å². The molecule has 0 spiro atoms. The second kappa shape index (κ2) is 5.10. The SMILES string of the molecule is CCCNc1ccc(C2CCCC2)nn1. The molecule has 0 amide bonds. The quantitative estimate of drug-likeness (QED) is 0.821. The molecule has 0 radical (unpaired) electrons. The van der Waals surface area contributed by atoms with Gasteiger partial charge >= 0.3 is 0 Å². The van der Waals surface area contributed by atoms with Gasteiger partial charge in [0.05, 0.1) is 5.69 Å². The van der Waals surface area contributed by atoms with Crippen LogP contribution in [0.15, 0.2) is 12.1 Å². The van der Waals surface area contributed by atoms with Crippen LogP contribution < -0.4 is 5.32 Å². The van der Waals surface area contributed by atoms with Crippen molar-refractivity contribution < 1.29 is 0 Å². The highest BCUT2D eigenvalue weighted by Crippen LogP contribution is 2.32. The van der Waals surface area contributed by atoms with Crippen molar-refractivity contribution >= 4 is 5.82 Å². The Morgan fingerprint density at radius 3 is 2.67 bits per heavy atom. The molecular formula is C12H19N3. The van der Waals surface area contributed by atoms with Crippen molar-refractivity contribution in [3.05, 3.63) is 17.8 Å². The average molecular weight is 205 g/mol. The summed E-state index contributed by atoms with van der Waals surface area (Å²) in [5, 5.41) is 11.7. The molecule has 0 aromatic carbocycles. The highest BCUT2D eigenvalue weighted by Gasteiger charge is 2.18. The standard InChI is InChI=1S/C12H19N3/c1-2-9-13-12-8-7-11(14-15-12)10-5-3-4-6-10/h7-8,10H,2-6,9H2,1H3,(H,13,15). The van der Waals surface area contributed by atoms with Crippen LogP contribution in [0.4, 0.5) is 5.82 Å². The molecule has 82 valence electrons. The summed E-state index contributed by atoms with van der Waals surface area (Å²) >= 11 is 0. The van der Waals surface area contributed by atoms with Gasteiger partial charge in [-0.3, -0.25) is 0 Å². The van der Waals surface area contributed by atoms with E-state index in [1.54, 1.807) is 0 Å². The number of aromatic nitrogens is 2. The summed E-state index contributed by atoms with van der Waals surface area (Å²) in [5.74, 6) is 1.57. The number of hydrogen-bond donors (Lipinski definition) is 1. The van der Waals surface area contributed by atoms with Crippen LogP contribution in [-0.4, -0.2) is 16.7 Å². The first-order valence-electron chi connectivity index (χ1n) is 5.97. The summed E-state index contributed by atoms with van der Waals surface area (Å²) < 4.78 is 0. The van der Waals surface area contributed by atoms with E-state index in [-0.39, 0.29) is 0 Å². The van der Waals surface area contributed by atoms with Gasteiger partial charge in [0.15, 0.2) is 0 Å². The van der Waals surface area contributed by atoms with Crippen LogP contribution >= 0.6 is 0 Å². The molecule has 1 N–H and O–H groups in total. The minimum absolute atomic E-state index is 0.665. The highest BCUT2D eigenvalue weighted by molar-refractivity contribution is 5.33. The molecule has 0 aliphatic heterocycles. The van der Waals surface area contributed by atoms with E-state index in [4.69, 9.17) is 0 Å². The van der Waals surface area contributed by atoms with Crippen LogP contribution in [-0.2, 0) is 0 Å². The Morgan fingerprint density at radius 1 is 1.27 bits per heavy atom. The summed E-state index contributed by atoms with van der Waals surface area (Å²) in [6.07, 6.45) is 6.39. The minimum Gasteiger partial charge on any atom is -0.369 e. The Hall–Kier alpha value is -1.12. The molecule has 0 saturated heterocycles. The monoisotopic (exact) mass is 205 g/mol. The fourth-order valence-electron chi connectivity index (χ4n) is 2.13. The molecule has 3 nitrogen and oxygen atoms in total. The van der Waals surface area contributed by atoms with Crippen LogP contribution in [0.1, 0.15) is 50.6 Å². The predicted octanol–water partition coefficient (Wildman–Crippen LogP) is 2.96. The summed E-state index contributed by atoms with van der Waals surface area (Å²) in [6, 6.07) is 4.18. The van der Waals surface area contributed by atoms with Crippen molar-refractivity contribution in [3.8, 4) is 0 Å². The molecule has 0 unspecified atom stereocenters. The van der Waals surface area contributed by atoms with Gasteiger partial charge in [0, 0.05) is 12.5 Å². The third kappa shape index (κ3) is 2.67. The van der Waals surface area contributed by atoms with Crippen molar-refractivity contribution in [2.24, 2.45) is 0 Å². The second-order valence-electron chi connectivity index (χ2n) is 4.25. The smallest absolute Gasteiger partial charge is 0.148 e. The van der Waals surface area contributed by atoms with E-state index in [0.29, 0.717) is 5.92 Å². The maximum Gasteiger partial charge on any atom is 0.148 e. The Kier molecular flexibility index (Phi) is 3.54. The van der Waals surface area contributed by atoms with E-state index < -0.39 is 0 Å². The van der Waals surface area contributed by atoms with Crippen molar-refractivity contribution in [2.45, 2.75) is 44.9 Å². The number of hydrogen-bond acceptors (Lipinski definition) is 3. The van der Waals surface area contributed by atoms with Crippen molar-refractivity contribution in [1.82, 2.24) is 10.2 Å². The molecule has 1 aromatic rings. The zero-order valence-electron chi connectivity index (χ0n) is 9.37. The number of rotatable bonds is 4. The maximum atomic E-state index is 4.30. The highest BCUT2D eigenvalue weighted by atomic mass is 15.2.